The predicted molar refractivity (Wildman–Crippen MR) is 386 cm³/mol. The molecule has 540 valence electrons. The monoisotopic (exact) mass is 1460 g/mol. The van der Waals surface area contributed by atoms with E-state index in [1.54, 1.807) is 43.3 Å². The fourth-order valence-electron chi connectivity index (χ4n) is 13.3. The number of amides is 1. The molecule has 3 heterocycles. The molecule has 18 nitrogen and oxygen atoms in total. The number of hydrogen-bond donors (Lipinski definition) is 1. The number of ether oxygens (including phenoxy) is 14. The second-order valence-corrected chi connectivity index (χ2v) is 27.9. The number of fused-ring (bicyclic) bond motifs is 3. The first-order valence-corrected chi connectivity index (χ1v) is 35.8. The number of hydrogen-bond acceptors (Lipinski definition) is 17. The first kappa shape index (κ1) is 74.8. The van der Waals surface area contributed by atoms with Crippen LogP contribution in [0, 0.1) is 0 Å². The van der Waals surface area contributed by atoms with Gasteiger partial charge in [0.2, 0.25) is 0 Å². The number of alkyl halides is 3. The van der Waals surface area contributed by atoms with Crippen molar-refractivity contribution < 1.29 is 80.7 Å². The molecular formula is C82H84Cl3NO17. The molecule has 1 aliphatic carbocycles. The van der Waals surface area contributed by atoms with E-state index >= 15 is 4.79 Å². The number of carbonyl (C=O) groups is 3. The van der Waals surface area contributed by atoms with E-state index in [1.807, 2.05) is 207 Å². The summed E-state index contributed by atoms with van der Waals surface area (Å²) >= 11 is 19.4. The molecule has 15 atom stereocenters. The summed E-state index contributed by atoms with van der Waals surface area (Å²) < 4.78 is 94.4. The van der Waals surface area contributed by atoms with Crippen molar-refractivity contribution in [1.29, 1.82) is 0 Å². The summed E-state index contributed by atoms with van der Waals surface area (Å²) in [7, 11) is 0. The van der Waals surface area contributed by atoms with Crippen molar-refractivity contribution in [2.75, 3.05) is 19.8 Å². The van der Waals surface area contributed by atoms with Gasteiger partial charge >= 0.3 is 12.1 Å². The predicted octanol–water partition coefficient (Wildman–Crippen LogP) is 14.9. The van der Waals surface area contributed by atoms with E-state index in [0.29, 0.717) is 12.8 Å². The van der Waals surface area contributed by atoms with Gasteiger partial charge in [-0.05, 0) is 88.9 Å². The van der Waals surface area contributed by atoms with Gasteiger partial charge in [0.05, 0.1) is 64.0 Å². The molecule has 3 aliphatic heterocycles. The molecule has 21 heteroatoms. The lowest BCUT2D eigenvalue weighted by Gasteiger charge is -2.51. The highest BCUT2D eigenvalue weighted by atomic mass is 35.6. The maximum atomic E-state index is 15.0. The van der Waals surface area contributed by atoms with Gasteiger partial charge in [0.25, 0.3) is 9.70 Å². The Balaban J connectivity index is 0.976. The Morgan fingerprint density at radius 2 is 0.893 bits per heavy atom. The van der Waals surface area contributed by atoms with Gasteiger partial charge in [-0.25, -0.2) is 9.59 Å². The molecule has 8 aromatic carbocycles. The van der Waals surface area contributed by atoms with Crippen LogP contribution < -0.4 is 5.32 Å². The van der Waals surface area contributed by atoms with Gasteiger partial charge in [-0.1, -0.05) is 259 Å². The topological polar surface area (TPSA) is 192 Å². The average Bonchev–Trinajstić information content (AvgIpc) is 1.74. The van der Waals surface area contributed by atoms with Crippen LogP contribution in [-0.2, 0) is 104 Å². The zero-order chi connectivity index (χ0) is 71.5. The summed E-state index contributed by atoms with van der Waals surface area (Å²) in [6, 6.07) is 70.6. The standard InChI is InChI=1S/C82H84Cl3NO17/c1-4-5-28-45-91-77-67(86-80(88)82(83,84)85)71(70(94-49-58-35-18-9-19-36-58)66(99-77)52-90-46-55-29-12-6-13-30-55)101-78-74(72(95-50-59-37-20-10-21-38-59)68(53(2)97-78)92-47-56-31-14-7-15-32-56)102-79-75(100-76(87)60-39-22-11-23-40-60)73(69(54(3)98-79)93-48-57-33-16-8-17-34-57)103-81(89)96-51-65-63-43-26-24-41-61(63)62-42-25-27-44-64(62)65/h4,6-27,29-44,53-54,65-75,77-79H,1,5,28,45-52H2,2-3H3,(H,86,88)/t53-,54-,66+,67+,68-,69-,70-,71+,72+,73+,74+,75+,77?,78-,79-/m0/s1. The molecule has 4 aliphatic rings. The normalized spacial score (nSPS) is 25.3. The quantitative estimate of drug-likeness (QED) is 0.0186. The van der Waals surface area contributed by atoms with Crippen molar-refractivity contribution in [3.8, 4) is 11.1 Å². The fourth-order valence-corrected chi connectivity index (χ4v) is 13.5. The fraction of sp³-hybridized carbons (Fsp3) is 0.354. The Hall–Kier alpha value is -7.86. The van der Waals surface area contributed by atoms with E-state index in [9.17, 15) is 9.59 Å². The number of esters is 1. The van der Waals surface area contributed by atoms with Crippen LogP contribution in [0.5, 0.6) is 0 Å². The summed E-state index contributed by atoms with van der Waals surface area (Å²) in [6.45, 7) is 7.66. The number of halogens is 3. The third kappa shape index (κ3) is 19.8. The summed E-state index contributed by atoms with van der Waals surface area (Å²) in [5, 5.41) is 2.91. The van der Waals surface area contributed by atoms with Crippen LogP contribution in [0.25, 0.3) is 11.1 Å². The van der Waals surface area contributed by atoms with Crippen LogP contribution in [0.3, 0.4) is 0 Å². The van der Waals surface area contributed by atoms with Crippen LogP contribution in [0.2, 0.25) is 0 Å². The van der Waals surface area contributed by atoms with Gasteiger partial charge in [-0.3, -0.25) is 4.79 Å². The summed E-state index contributed by atoms with van der Waals surface area (Å²) in [6.07, 6.45) is -16.4. The van der Waals surface area contributed by atoms with Gasteiger partial charge in [0, 0.05) is 5.92 Å². The highest BCUT2D eigenvalue weighted by molar-refractivity contribution is 6.76. The molecule has 3 saturated heterocycles. The van der Waals surface area contributed by atoms with Crippen molar-refractivity contribution in [1.82, 2.24) is 5.32 Å². The van der Waals surface area contributed by atoms with E-state index in [-0.39, 0.29) is 64.3 Å². The third-order valence-corrected chi connectivity index (χ3v) is 18.9. The average molecular weight is 1460 g/mol. The van der Waals surface area contributed by atoms with E-state index < -0.39 is 114 Å². The molecule has 8 aromatic rings. The van der Waals surface area contributed by atoms with E-state index in [1.165, 1.54) is 0 Å². The first-order valence-electron chi connectivity index (χ1n) is 34.6. The molecule has 3 fully saturated rings. The van der Waals surface area contributed by atoms with Crippen molar-refractivity contribution >= 4 is 52.8 Å². The van der Waals surface area contributed by atoms with Crippen LogP contribution in [0.15, 0.2) is 243 Å². The summed E-state index contributed by atoms with van der Waals surface area (Å²) in [5.41, 5.74) is 8.25. The molecule has 103 heavy (non-hydrogen) atoms. The van der Waals surface area contributed by atoms with Crippen LogP contribution >= 0.6 is 34.8 Å². The highest BCUT2D eigenvalue weighted by Gasteiger charge is 2.58. The zero-order valence-corrected chi connectivity index (χ0v) is 59.4. The number of carbonyl (C=O) groups excluding carboxylic acids is 3. The maximum Gasteiger partial charge on any atom is 0.508 e. The minimum Gasteiger partial charge on any atom is -0.449 e. The molecule has 0 saturated carbocycles. The number of rotatable bonds is 31. The van der Waals surface area contributed by atoms with Crippen molar-refractivity contribution in [2.24, 2.45) is 0 Å². The lowest BCUT2D eigenvalue weighted by atomic mass is 9.94. The molecule has 1 unspecified atom stereocenters. The van der Waals surface area contributed by atoms with Crippen molar-refractivity contribution in [3.63, 3.8) is 0 Å². The van der Waals surface area contributed by atoms with Gasteiger partial charge in [0.1, 0.15) is 55.4 Å². The molecule has 0 radical (unpaired) electrons. The molecule has 1 N–H and O–H groups in total. The maximum absolute atomic E-state index is 15.0. The highest BCUT2D eigenvalue weighted by Crippen LogP contribution is 2.45. The van der Waals surface area contributed by atoms with Gasteiger partial charge in [-0.15, -0.1) is 6.58 Å². The van der Waals surface area contributed by atoms with Crippen LogP contribution in [0.4, 0.5) is 4.79 Å². The molecule has 0 bridgehead atoms. The molecular weight excluding hydrogens is 1380 g/mol. The van der Waals surface area contributed by atoms with Gasteiger partial charge in [0.15, 0.2) is 31.1 Å². The molecule has 0 spiro atoms. The molecule has 1 amide bonds. The first-order chi connectivity index (χ1) is 50.3. The largest absolute Gasteiger partial charge is 0.508 e. The lowest BCUT2D eigenvalue weighted by molar-refractivity contribution is -0.386. The Bertz CT molecular complexity index is 3920. The summed E-state index contributed by atoms with van der Waals surface area (Å²) in [4.78, 5) is 44.4. The smallest absolute Gasteiger partial charge is 0.449 e. The lowest BCUT2D eigenvalue weighted by Crippen LogP contribution is -2.70. The van der Waals surface area contributed by atoms with Gasteiger partial charge < -0.3 is 71.6 Å². The van der Waals surface area contributed by atoms with Crippen LogP contribution in [-0.4, -0.2) is 134 Å². The summed E-state index contributed by atoms with van der Waals surface area (Å²) in [5.74, 6) is -2.21. The zero-order valence-electron chi connectivity index (χ0n) is 57.1. The SMILES string of the molecule is C=CCCCOC1O[C@H](COCc2ccccc2)[C@H](OCc2ccccc2)[C@H](O[C@@H]2O[C@@H](C)[C@H](OCc3ccccc3)[C@@H](OCc3ccccc3)[C@H]2O[C@@H]2O[C@@H](C)[C@H](OCc3ccccc3)[C@@H](OC(=O)OCC3c4ccccc4-c4ccccc43)[C@H]2OC(=O)c2ccccc2)[C@H]1NC(=O)C(Cl)(Cl)Cl. The second-order valence-electron chi connectivity index (χ2n) is 25.6. The van der Waals surface area contributed by atoms with E-state index in [0.717, 1.165) is 50.1 Å². The van der Waals surface area contributed by atoms with Crippen molar-refractivity contribution in [2.45, 2.75) is 161 Å². The Morgan fingerprint density at radius 1 is 0.456 bits per heavy atom. The minimum atomic E-state index is -2.52. The molecule has 0 aromatic heterocycles. The Morgan fingerprint density at radius 3 is 1.40 bits per heavy atom. The number of allylic oxidation sites excluding steroid dienone is 1. The Labute approximate surface area is 615 Å². The van der Waals surface area contributed by atoms with Crippen LogP contribution in [0.1, 0.15) is 81.9 Å². The van der Waals surface area contributed by atoms with E-state index in [2.05, 4.69) is 11.9 Å². The van der Waals surface area contributed by atoms with Crippen molar-refractivity contribution in [3.05, 3.63) is 288 Å². The minimum absolute atomic E-state index is 0.000792. The van der Waals surface area contributed by atoms with Gasteiger partial charge in [-0.2, -0.15) is 0 Å². The number of unbranched alkanes of at least 4 members (excludes halogenated alkanes) is 1. The molecule has 12 rings (SSSR count). The number of nitrogens with one attached hydrogen (secondary N) is 1. The number of benzene rings is 8. The third-order valence-electron chi connectivity index (χ3n) is 18.4. The Kier molecular flexibility index (Phi) is 26.7. The second kappa shape index (κ2) is 36.7. The van der Waals surface area contributed by atoms with E-state index in [4.69, 9.17) is 101 Å².